The Morgan fingerprint density at radius 3 is 0.871 bits per heavy atom. The van der Waals surface area contributed by atoms with E-state index in [9.17, 15) is 0 Å². The minimum atomic E-state index is 1.08. The molecule has 0 bridgehead atoms. The first-order valence-electron chi connectivity index (χ1n) is 24.1. The van der Waals surface area contributed by atoms with Gasteiger partial charge in [-0.05, 0) is 126 Å². The lowest BCUT2D eigenvalue weighted by molar-refractivity contribution is 1.18. The minimum absolute atomic E-state index is 1.08. The number of nitrogens with zero attached hydrogens (tertiary/aromatic N) is 2. The Hall–Kier alpha value is -9.24. The zero-order valence-corrected chi connectivity index (χ0v) is 38.5. The molecule has 2 heteroatoms. The van der Waals surface area contributed by atoms with Crippen molar-refractivity contribution in [3.8, 4) is 61.3 Å². The van der Waals surface area contributed by atoms with Gasteiger partial charge in [-0.1, -0.05) is 224 Å². The smallest absolute Gasteiger partial charge is 0.0541 e. The molecule has 13 rings (SSSR count). The van der Waals surface area contributed by atoms with Gasteiger partial charge in [-0.25, -0.2) is 0 Å². The fraction of sp³-hybridized carbons (Fsp3) is 0. The second-order valence-electron chi connectivity index (χ2n) is 18.0. The van der Waals surface area contributed by atoms with Crippen molar-refractivity contribution in [2.75, 3.05) is 4.90 Å². The van der Waals surface area contributed by atoms with E-state index in [1.54, 1.807) is 0 Å². The SMILES string of the molecule is c1ccc(-c2ccc(-c3ccc(N(c4ccc(-c5ccccc5-n5c6ccccc6c6ccccc65)cc4)c4ccc(-c5ccc(-c6ccccc6)c6ccccc56)cc4)cc3)c3ccccc23)cc1. The van der Waals surface area contributed by atoms with Crippen LogP contribution < -0.4 is 4.90 Å². The third-order valence-corrected chi connectivity index (χ3v) is 14.1. The Labute approximate surface area is 408 Å². The molecule has 12 aromatic carbocycles. The Bertz CT molecular complexity index is 3800. The van der Waals surface area contributed by atoms with E-state index in [0.29, 0.717) is 0 Å². The van der Waals surface area contributed by atoms with Crippen molar-refractivity contribution < 1.29 is 0 Å². The first kappa shape index (κ1) is 41.0. The number of rotatable bonds is 9. The molecule has 328 valence electrons. The van der Waals surface area contributed by atoms with Crippen molar-refractivity contribution in [1.29, 1.82) is 0 Å². The van der Waals surface area contributed by atoms with Crippen molar-refractivity contribution in [2.24, 2.45) is 0 Å². The van der Waals surface area contributed by atoms with Crippen LogP contribution in [-0.4, -0.2) is 4.57 Å². The molecule has 0 aliphatic heterocycles. The largest absolute Gasteiger partial charge is 0.311 e. The Morgan fingerprint density at radius 1 is 0.200 bits per heavy atom. The van der Waals surface area contributed by atoms with Gasteiger partial charge in [0, 0.05) is 33.4 Å². The van der Waals surface area contributed by atoms with E-state index in [1.165, 1.54) is 93.4 Å². The summed E-state index contributed by atoms with van der Waals surface area (Å²) in [6.07, 6.45) is 0. The normalized spacial score (nSPS) is 11.4. The van der Waals surface area contributed by atoms with Crippen molar-refractivity contribution in [3.05, 3.63) is 279 Å². The van der Waals surface area contributed by atoms with Crippen LogP contribution in [-0.2, 0) is 0 Å². The summed E-state index contributed by atoms with van der Waals surface area (Å²) < 4.78 is 2.42. The van der Waals surface area contributed by atoms with Gasteiger partial charge in [0.15, 0.2) is 0 Å². The third kappa shape index (κ3) is 7.13. The molecule has 0 N–H and O–H groups in total. The number of aromatic nitrogens is 1. The van der Waals surface area contributed by atoms with E-state index >= 15 is 0 Å². The first-order valence-corrected chi connectivity index (χ1v) is 24.1. The van der Waals surface area contributed by atoms with E-state index in [0.717, 1.165) is 28.3 Å². The van der Waals surface area contributed by atoms with E-state index in [-0.39, 0.29) is 0 Å². The second-order valence-corrected chi connectivity index (χ2v) is 18.0. The lowest BCUT2D eigenvalue weighted by atomic mass is 9.92. The number of hydrogen-bond acceptors (Lipinski definition) is 1. The summed E-state index contributed by atoms with van der Waals surface area (Å²) in [7, 11) is 0. The Morgan fingerprint density at radius 2 is 0.486 bits per heavy atom. The molecule has 0 saturated heterocycles. The molecule has 0 radical (unpaired) electrons. The molecule has 70 heavy (non-hydrogen) atoms. The molecular weight excluding hydrogens is 845 g/mol. The quantitative estimate of drug-likeness (QED) is 0.140. The summed E-state index contributed by atoms with van der Waals surface area (Å²) in [4.78, 5) is 2.38. The minimum Gasteiger partial charge on any atom is -0.311 e. The highest BCUT2D eigenvalue weighted by atomic mass is 15.1. The highest BCUT2D eigenvalue weighted by Crippen LogP contribution is 2.43. The molecule has 0 aliphatic carbocycles. The monoisotopic (exact) mass is 890 g/mol. The van der Waals surface area contributed by atoms with E-state index in [2.05, 4.69) is 289 Å². The van der Waals surface area contributed by atoms with Gasteiger partial charge in [0.1, 0.15) is 0 Å². The van der Waals surface area contributed by atoms with Gasteiger partial charge in [-0.15, -0.1) is 0 Å². The molecule has 0 aliphatic rings. The Kier molecular flexibility index (Phi) is 10.2. The van der Waals surface area contributed by atoms with E-state index in [4.69, 9.17) is 0 Å². The summed E-state index contributed by atoms with van der Waals surface area (Å²) in [6.45, 7) is 0. The van der Waals surface area contributed by atoms with Crippen molar-refractivity contribution in [2.45, 2.75) is 0 Å². The Balaban J connectivity index is 0.907. The maximum atomic E-state index is 2.42. The van der Waals surface area contributed by atoms with Crippen LogP contribution in [0.1, 0.15) is 0 Å². The molecule has 13 aromatic rings. The van der Waals surface area contributed by atoms with Crippen LogP contribution in [0.15, 0.2) is 279 Å². The maximum absolute atomic E-state index is 2.42. The average molecular weight is 891 g/mol. The number of fused-ring (bicyclic) bond motifs is 5. The van der Waals surface area contributed by atoms with E-state index in [1.807, 2.05) is 0 Å². The highest BCUT2D eigenvalue weighted by Gasteiger charge is 2.19. The van der Waals surface area contributed by atoms with Crippen LogP contribution in [0.5, 0.6) is 0 Å². The topological polar surface area (TPSA) is 8.17 Å². The van der Waals surface area contributed by atoms with Gasteiger partial charge in [-0.2, -0.15) is 0 Å². The first-order chi connectivity index (χ1) is 34.7. The fourth-order valence-corrected chi connectivity index (χ4v) is 10.8. The second kappa shape index (κ2) is 17.4. The summed E-state index contributed by atoms with van der Waals surface area (Å²) in [5.41, 5.74) is 18.9. The highest BCUT2D eigenvalue weighted by molar-refractivity contribution is 6.10. The molecule has 0 spiro atoms. The van der Waals surface area contributed by atoms with Crippen LogP contribution in [0, 0.1) is 0 Å². The standard InChI is InChI=1S/C68H46N2/c1-3-17-47(18-4-1)55-43-45-57(62-24-9-7-22-60(55)62)49-31-37-52(38-32-49)69(53-39-33-50(34-40-53)58-46-44-56(48-19-5-2-6-20-48)61-23-8-10-25-63(58)61)54-41-35-51(36-42-54)59-21-11-14-28-66(59)70-67-29-15-12-26-64(67)65-27-13-16-30-68(65)70/h1-46H. The molecule has 1 heterocycles. The van der Waals surface area contributed by atoms with Crippen LogP contribution in [0.25, 0.3) is 105 Å². The molecular formula is C68H46N2. The summed E-state index contributed by atoms with van der Waals surface area (Å²) >= 11 is 0. The molecule has 0 amide bonds. The maximum Gasteiger partial charge on any atom is 0.0541 e. The lowest BCUT2D eigenvalue weighted by Gasteiger charge is -2.26. The molecule has 0 unspecified atom stereocenters. The molecule has 2 nitrogen and oxygen atoms in total. The van der Waals surface area contributed by atoms with Crippen LogP contribution in [0.2, 0.25) is 0 Å². The zero-order chi connectivity index (χ0) is 46.4. The summed E-state index contributed by atoms with van der Waals surface area (Å²) in [5.74, 6) is 0. The van der Waals surface area contributed by atoms with Gasteiger partial charge in [0.2, 0.25) is 0 Å². The number of benzene rings is 12. The number of hydrogen-bond donors (Lipinski definition) is 0. The van der Waals surface area contributed by atoms with Gasteiger partial charge >= 0.3 is 0 Å². The van der Waals surface area contributed by atoms with Crippen molar-refractivity contribution in [1.82, 2.24) is 4.57 Å². The summed E-state index contributed by atoms with van der Waals surface area (Å²) in [6, 6.07) is 102. The average Bonchev–Trinajstić information content (AvgIpc) is 3.78. The summed E-state index contributed by atoms with van der Waals surface area (Å²) in [5, 5.41) is 7.49. The van der Waals surface area contributed by atoms with Crippen molar-refractivity contribution in [3.63, 3.8) is 0 Å². The van der Waals surface area contributed by atoms with Crippen LogP contribution in [0.4, 0.5) is 17.1 Å². The van der Waals surface area contributed by atoms with Crippen LogP contribution >= 0.6 is 0 Å². The molecule has 1 aromatic heterocycles. The van der Waals surface area contributed by atoms with Crippen LogP contribution in [0.3, 0.4) is 0 Å². The van der Waals surface area contributed by atoms with Gasteiger partial charge in [0.05, 0.1) is 16.7 Å². The molecule has 0 atom stereocenters. The third-order valence-electron chi connectivity index (χ3n) is 14.1. The van der Waals surface area contributed by atoms with Gasteiger partial charge in [-0.3, -0.25) is 0 Å². The predicted molar refractivity (Wildman–Crippen MR) is 298 cm³/mol. The van der Waals surface area contributed by atoms with Gasteiger partial charge < -0.3 is 9.47 Å². The molecule has 0 saturated carbocycles. The predicted octanol–water partition coefficient (Wildman–Crippen LogP) is 18.9. The van der Waals surface area contributed by atoms with Crippen molar-refractivity contribution >= 4 is 60.4 Å². The zero-order valence-electron chi connectivity index (χ0n) is 38.5. The number of para-hydroxylation sites is 3. The van der Waals surface area contributed by atoms with Gasteiger partial charge in [0.25, 0.3) is 0 Å². The van der Waals surface area contributed by atoms with E-state index < -0.39 is 0 Å². The fourth-order valence-electron chi connectivity index (χ4n) is 10.8. The molecule has 0 fully saturated rings. The lowest BCUT2D eigenvalue weighted by Crippen LogP contribution is -2.10. The number of anilines is 3.